The quantitative estimate of drug-likeness (QED) is 0.522. The minimum absolute atomic E-state index is 0.0398. The highest BCUT2D eigenvalue weighted by molar-refractivity contribution is 5.79. The average Bonchev–Trinajstić information content (AvgIpc) is 2.76. The van der Waals surface area contributed by atoms with Crippen LogP contribution in [-0.2, 0) is 11.3 Å². The Morgan fingerprint density at radius 2 is 1.87 bits per heavy atom. The van der Waals surface area contributed by atoms with E-state index in [1.54, 1.807) is 30.3 Å². The first-order valence-corrected chi connectivity index (χ1v) is 9.77. The molecule has 1 heterocycles. The maximum Gasteiger partial charge on any atom is 0.422 e. The molecular formula is C21H22F3N3O4. The van der Waals surface area contributed by atoms with E-state index in [1.165, 1.54) is 18.2 Å². The van der Waals surface area contributed by atoms with Crippen molar-refractivity contribution in [2.24, 2.45) is 5.92 Å². The van der Waals surface area contributed by atoms with Gasteiger partial charge in [-0.25, -0.2) is 0 Å². The Balaban J connectivity index is 1.50. The first kappa shape index (κ1) is 22.4. The van der Waals surface area contributed by atoms with Gasteiger partial charge in [0.1, 0.15) is 11.4 Å². The molecule has 10 heteroatoms. The molecular weight excluding hydrogens is 415 g/mol. The Kier molecular flexibility index (Phi) is 6.98. The van der Waals surface area contributed by atoms with Crippen LogP contribution in [-0.4, -0.2) is 36.7 Å². The van der Waals surface area contributed by atoms with Gasteiger partial charge in [0.15, 0.2) is 6.61 Å². The van der Waals surface area contributed by atoms with Crippen LogP contribution in [0.3, 0.4) is 0 Å². The van der Waals surface area contributed by atoms with Crippen molar-refractivity contribution < 1.29 is 27.6 Å². The van der Waals surface area contributed by atoms with Gasteiger partial charge in [0.05, 0.1) is 4.92 Å². The van der Waals surface area contributed by atoms with E-state index in [0.717, 1.165) is 0 Å². The van der Waals surface area contributed by atoms with Gasteiger partial charge in [0, 0.05) is 31.6 Å². The SMILES string of the molecule is O=C(NCc1cccc(OCC(F)(F)F)c1)C1CCN(c2ccccc2[N+](=O)[O-])CC1. The lowest BCUT2D eigenvalue weighted by Crippen LogP contribution is -2.40. The first-order valence-electron chi connectivity index (χ1n) is 9.77. The van der Waals surface area contributed by atoms with Gasteiger partial charge in [0.25, 0.3) is 5.69 Å². The maximum atomic E-state index is 12.5. The average molecular weight is 437 g/mol. The number of amides is 1. The molecule has 1 saturated heterocycles. The standard InChI is InChI=1S/C21H22F3N3O4/c22-21(23,24)14-31-17-5-3-4-15(12-17)13-25-20(28)16-8-10-26(11-9-16)18-6-1-2-7-19(18)27(29)30/h1-7,12,16H,8-11,13-14H2,(H,25,28). The molecule has 7 nitrogen and oxygen atoms in total. The fourth-order valence-corrected chi connectivity index (χ4v) is 3.51. The number of rotatable bonds is 7. The number of hydrogen-bond donors (Lipinski definition) is 1. The van der Waals surface area contributed by atoms with E-state index in [0.29, 0.717) is 37.2 Å². The van der Waals surface area contributed by atoms with Crippen molar-refractivity contribution in [1.29, 1.82) is 0 Å². The van der Waals surface area contributed by atoms with Crippen LogP contribution in [0.15, 0.2) is 48.5 Å². The molecule has 31 heavy (non-hydrogen) atoms. The highest BCUT2D eigenvalue weighted by Gasteiger charge is 2.29. The summed E-state index contributed by atoms with van der Waals surface area (Å²) in [5.41, 5.74) is 1.21. The third-order valence-corrected chi connectivity index (χ3v) is 5.05. The summed E-state index contributed by atoms with van der Waals surface area (Å²) in [5, 5.41) is 14.0. The second-order valence-electron chi connectivity index (χ2n) is 7.28. The number of alkyl halides is 3. The molecule has 0 unspecified atom stereocenters. The molecule has 1 N–H and O–H groups in total. The number of hydrogen-bond acceptors (Lipinski definition) is 5. The Labute approximate surface area is 177 Å². The van der Waals surface area contributed by atoms with Crippen molar-refractivity contribution in [3.8, 4) is 5.75 Å². The molecule has 2 aromatic carbocycles. The van der Waals surface area contributed by atoms with Gasteiger partial charge in [-0.1, -0.05) is 24.3 Å². The second-order valence-corrected chi connectivity index (χ2v) is 7.28. The van der Waals surface area contributed by atoms with Gasteiger partial charge in [-0.05, 0) is 36.6 Å². The fourth-order valence-electron chi connectivity index (χ4n) is 3.51. The van der Waals surface area contributed by atoms with Crippen LogP contribution in [0.5, 0.6) is 5.75 Å². The number of carbonyl (C=O) groups excluding carboxylic acids is 1. The summed E-state index contributed by atoms with van der Waals surface area (Å²) in [6, 6.07) is 12.7. The van der Waals surface area contributed by atoms with Gasteiger partial charge in [-0.15, -0.1) is 0 Å². The molecule has 2 aromatic rings. The molecule has 0 atom stereocenters. The minimum atomic E-state index is -4.42. The van der Waals surface area contributed by atoms with Crippen molar-refractivity contribution >= 4 is 17.3 Å². The van der Waals surface area contributed by atoms with Crippen LogP contribution >= 0.6 is 0 Å². The van der Waals surface area contributed by atoms with Gasteiger partial charge in [-0.3, -0.25) is 14.9 Å². The molecule has 166 valence electrons. The molecule has 0 spiro atoms. The molecule has 3 rings (SSSR count). The summed E-state index contributed by atoms with van der Waals surface area (Å²) in [4.78, 5) is 25.2. The van der Waals surface area contributed by atoms with Crippen LogP contribution in [0.25, 0.3) is 0 Å². The summed E-state index contributed by atoms with van der Waals surface area (Å²) >= 11 is 0. The van der Waals surface area contributed by atoms with Gasteiger partial charge >= 0.3 is 6.18 Å². The highest BCUT2D eigenvalue weighted by Crippen LogP contribution is 2.31. The normalized spacial score (nSPS) is 14.9. The fraction of sp³-hybridized carbons (Fsp3) is 0.381. The number of para-hydroxylation sites is 2. The van der Waals surface area contributed by atoms with E-state index in [4.69, 9.17) is 4.74 Å². The molecule has 0 saturated carbocycles. The number of nitro benzene ring substituents is 1. The topological polar surface area (TPSA) is 84.7 Å². The van der Waals surface area contributed by atoms with E-state index in [1.807, 2.05) is 4.90 Å². The molecule has 0 radical (unpaired) electrons. The summed E-state index contributed by atoms with van der Waals surface area (Å²) in [7, 11) is 0. The predicted octanol–water partition coefficient (Wildman–Crippen LogP) is 4.07. The summed E-state index contributed by atoms with van der Waals surface area (Å²) in [6.45, 7) is -0.166. The Bertz CT molecular complexity index is 928. The summed E-state index contributed by atoms with van der Waals surface area (Å²) in [5.74, 6) is -0.297. The lowest BCUT2D eigenvalue weighted by molar-refractivity contribution is -0.384. The van der Waals surface area contributed by atoms with Crippen molar-refractivity contribution in [2.45, 2.75) is 25.6 Å². The molecule has 1 amide bonds. The van der Waals surface area contributed by atoms with Crippen molar-refractivity contribution in [3.05, 3.63) is 64.2 Å². The number of nitro groups is 1. The van der Waals surface area contributed by atoms with E-state index < -0.39 is 17.7 Å². The number of carbonyl (C=O) groups is 1. The van der Waals surface area contributed by atoms with Crippen LogP contribution in [0, 0.1) is 16.0 Å². The minimum Gasteiger partial charge on any atom is -0.484 e. The van der Waals surface area contributed by atoms with Crippen LogP contribution in [0.2, 0.25) is 0 Å². The van der Waals surface area contributed by atoms with Gasteiger partial charge < -0.3 is 15.0 Å². The zero-order chi connectivity index (χ0) is 22.4. The Morgan fingerprint density at radius 1 is 1.16 bits per heavy atom. The highest BCUT2D eigenvalue weighted by atomic mass is 19.4. The number of anilines is 1. The third kappa shape index (κ3) is 6.34. The summed E-state index contributed by atoms with van der Waals surface area (Å²) < 4.78 is 41.6. The monoisotopic (exact) mass is 437 g/mol. The third-order valence-electron chi connectivity index (χ3n) is 5.05. The van der Waals surface area contributed by atoms with Crippen LogP contribution < -0.4 is 15.0 Å². The van der Waals surface area contributed by atoms with Crippen molar-refractivity contribution in [2.75, 3.05) is 24.6 Å². The van der Waals surface area contributed by atoms with E-state index in [2.05, 4.69) is 5.32 Å². The number of halogens is 3. The lowest BCUT2D eigenvalue weighted by Gasteiger charge is -2.32. The number of nitrogens with zero attached hydrogens (tertiary/aromatic N) is 2. The Morgan fingerprint density at radius 3 is 2.55 bits per heavy atom. The molecule has 0 bridgehead atoms. The Hall–Kier alpha value is -3.30. The van der Waals surface area contributed by atoms with Crippen LogP contribution in [0.4, 0.5) is 24.5 Å². The molecule has 0 aliphatic carbocycles. The number of nitrogens with one attached hydrogen (secondary N) is 1. The van der Waals surface area contributed by atoms with Gasteiger partial charge in [0.2, 0.25) is 5.91 Å². The molecule has 1 aliphatic rings. The summed E-state index contributed by atoms with van der Waals surface area (Å²) in [6.07, 6.45) is -3.32. The van der Waals surface area contributed by atoms with Crippen molar-refractivity contribution in [3.63, 3.8) is 0 Å². The largest absolute Gasteiger partial charge is 0.484 e. The first-order chi connectivity index (χ1) is 14.7. The number of piperidine rings is 1. The smallest absolute Gasteiger partial charge is 0.422 e. The number of benzene rings is 2. The molecule has 1 fully saturated rings. The number of ether oxygens (including phenoxy) is 1. The van der Waals surface area contributed by atoms with Gasteiger partial charge in [-0.2, -0.15) is 13.2 Å². The zero-order valence-corrected chi connectivity index (χ0v) is 16.6. The molecule has 1 aliphatic heterocycles. The van der Waals surface area contributed by atoms with Crippen LogP contribution in [0.1, 0.15) is 18.4 Å². The predicted molar refractivity (Wildman–Crippen MR) is 108 cm³/mol. The zero-order valence-electron chi connectivity index (χ0n) is 16.6. The van der Waals surface area contributed by atoms with E-state index in [9.17, 15) is 28.1 Å². The molecule has 0 aromatic heterocycles. The second kappa shape index (κ2) is 9.67. The maximum absolute atomic E-state index is 12.5. The lowest BCUT2D eigenvalue weighted by atomic mass is 9.95. The van der Waals surface area contributed by atoms with E-state index >= 15 is 0 Å². The van der Waals surface area contributed by atoms with E-state index in [-0.39, 0.29) is 29.8 Å². The van der Waals surface area contributed by atoms with Crippen molar-refractivity contribution in [1.82, 2.24) is 5.32 Å².